The molecule has 29 heavy (non-hydrogen) atoms. The van der Waals surface area contributed by atoms with Gasteiger partial charge in [-0.05, 0) is 29.8 Å². The number of piperazine rings is 1. The first-order valence-electron chi connectivity index (χ1n) is 9.87. The van der Waals surface area contributed by atoms with Gasteiger partial charge in [0.2, 0.25) is 0 Å². The van der Waals surface area contributed by atoms with Gasteiger partial charge in [-0.3, -0.25) is 4.79 Å². The summed E-state index contributed by atoms with van der Waals surface area (Å²) in [5, 5.41) is 0. The molecule has 0 atom stereocenters. The lowest BCUT2D eigenvalue weighted by atomic mass is 10.2. The van der Waals surface area contributed by atoms with Crippen LogP contribution in [0.2, 0.25) is 0 Å². The zero-order chi connectivity index (χ0) is 20.1. The Hall–Kier alpha value is -3.41. The summed E-state index contributed by atoms with van der Waals surface area (Å²) >= 11 is 0. The predicted octanol–water partition coefficient (Wildman–Crippen LogP) is 3.08. The SMILES string of the molecule is CN(Cc1ccccc1)C(=O)c1ccnc(N2CCN(c3ccccn3)CC2)c1. The molecule has 1 aliphatic rings. The Morgan fingerprint density at radius 2 is 1.52 bits per heavy atom. The number of aromatic nitrogens is 2. The molecule has 1 saturated heterocycles. The van der Waals surface area contributed by atoms with Gasteiger partial charge in [0, 0.05) is 57.7 Å². The fourth-order valence-electron chi connectivity index (χ4n) is 3.58. The molecule has 0 aliphatic carbocycles. The topological polar surface area (TPSA) is 52.6 Å². The zero-order valence-electron chi connectivity index (χ0n) is 16.6. The van der Waals surface area contributed by atoms with Crippen molar-refractivity contribution in [3.05, 3.63) is 84.2 Å². The summed E-state index contributed by atoms with van der Waals surface area (Å²) in [7, 11) is 1.83. The van der Waals surface area contributed by atoms with Gasteiger partial charge >= 0.3 is 0 Å². The predicted molar refractivity (Wildman–Crippen MR) is 115 cm³/mol. The lowest BCUT2D eigenvalue weighted by molar-refractivity contribution is 0.0785. The highest BCUT2D eigenvalue weighted by Crippen LogP contribution is 2.19. The van der Waals surface area contributed by atoms with Crippen LogP contribution in [0.15, 0.2) is 73.1 Å². The van der Waals surface area contributed by atoms with Crippen molar-refractivity contribution in [3.63, 3.8) is 0 Å². The summed E-state index contributed by atoms with van der Waals surface area (Å²) < 4.78 is 0. The molecule has 0 spiro atoms. The number of rotatable bonds is 5. The number of hydrogen-bond acceptors (Lipinski definition) is 5. The van der Waals surface area contributed by atoms with E-state index in [0.717, 1.165) is 43.4 Å². The molecule has 6 nitrogen and oxygen atoms in total. The average Bonchev–Trinajstić information content (AvgIpc) is 2.80. The number of carbonyl (C=O) groups excluding carboxylic acids is 1. The first-order valence-corrected chi connectivity index (χ1v) is 9.87. The van der Waals surface area contributed by atoms with Crippen LogP contribution in [0.5, 0.6) is 0 Å². The summed E-state index contributed by atoms with van der Waals surface area (Å²) in [5.74, 6) is 1.86. The van der Waals surface area contributed by atoms with Gasteiger partial charge in [0.1, 0.15) is 11.6 Å². The summed E-state index contributed by atoms with van der Waals surface area (Å²) in [6, 6.07) is 19.7. The standard InChI is InChI=1S/C23H25N5O/c1-26(18-19-7-3-2-4-8-19)23(29)20-10-12-25-22(17-20)28-15-13-27(14-16-28)21-9-5-6-11-24-21/h2-12,17H,13-16,18H2,1H3. The van der Waals surface area contributed by atoms with Gasteiger partial charge in [-0.25, -0.2) is 9.97 Å². The smallest absolute Gasteiger partial charge is 0.254 e. The number of pyridine rings is 2. The molecule has 2 aromatic heterocycles. The third-order valence-corrected chi connectivity index (χ3v) is 5.18. The number of amides is 1. The summed E-state index contributed by atoms with van der Waals surface area (Å²) in [6.45, 7) is 4.04. The maximum absolute atomic E-state index is 12.9. The van der Waals surface area contributed by atoms with Crippen LogP contribution in [0.1, 0.15) is 15.9 Å². The van der Waals surface area contributed by atoms with E-state index in [1.165, 1.54) is 0 Å². The molecule has 1 amide bonds. The van der Waals surface area contributed by atoms with Crippen molar-refractivity contribution in [2.45, 2.75) is 6.54 Å². The fourth-order valence-corrected chi connectivity index (χ4v) is 3.58. The lowest BCUT2D eigenvalue weighted by Crippen LogP contribution is -2.47. The van der Waals surface area contributed by atoms with Crippen LogP contribution in [0.3, 0.4) is 0 Å². The summed E-state index contributed by atoms with van der Waals surface area (Å²) in [5.41, 5.74) is 1.78. The van der Waals surface area contributed by atoms with E-state index in [1.54, 1.807) is 17.2 Å². The zero-order valence-corrected chi connectivity index (χ0v) is 16.6. The Balaban J connectivity index is 1.40. The maximum Gasteiger partial charge on any atom is 0.254 e. The van der Waals surface area contributed by atoms with Crippen molar-refractivity contribution in [1.82, 2.24) is 14.9 Å². The molecule has 0 N–H and O–H groups in total. The van der Waals surface area contributed by atoms with E-state index in [-0.39, 0.29) is 5.91 Å². The van der Waals surface area contributed by atoms with Crippen LogP contribution in [0.25, 0.3) is 0 Å². The Bertz CT molecular complexity index is 940. The molecule has 1 fully saturated rings. The van der Waals surface area contributed by atoms with Crippen molar-refractivity contribution in [3.8, 4) is 0 Å². The molecular weight excluding hydrogens is 362 g/mol. The normalized spacial score (nSPS) is 14.0. The lowest BCUT2D eigenvalue weighted by Gasteiger charge is -2.36. The highest BCUT2D eigenvalue weighted by molar-refractivity contribution is 5.94. The van der Waals surface area contributed by atoms with Gasteiger partial charge in [0.25, 0.3) is 5.91 Å². The van der Waals surface area contributed by atoms with Crippen molar-refractivity contribution in [1.29, 1.82) is 0 Å². The second kappa shape index (κ2) is 8.73. The van der Waals surface area contributed by atoms with Gasteiger partial charge in [0.15, 0.2) is 0 Å². The Kier molecular flexibility index (Phi) is 5.70. The van der Waals surface area contributed by atoms with Crippen LogP contribution < -0.4 is 9.80 Å². The molecule has 6 heteroatoms. The Morgan fingerprint density at radius 1 is 0.862 bits per heavy atom. The van der Waals surface area contributed by atoms with Gasteiger partial charge in [-0.15, -0.1) is 0 Å². The van der Waals surface area contributed by atoms with E-state index in [0.29, 0.717) is 12.1 Å². The highest BCUT2D eigenvalue weighted by atomic mass is 16.2. The molecule has 3 heterocycles. The molecule has 148 valence electrons. The van der Waals surface area contributed by atoms with Crippen molar-refractivity contribution in [2.24, 2.45) is 0 Å². The third kappa shape index (κ3) is 4.54. The Morgan fingerprint density at radius 3 is 2.21 bits per heavy atom. The van der Waals surface area contributed by atoms with Crippen molar-refractivity contribution in [2.75, 3.05) is 43.0 Å². The van der Waals surface area contributed by atoms with Gasteiger partial charge in [-0.1, -0.05) is 36.4 Å². The van der Waals surface area contributed by atoms with Crippen LogP contribution in [-0.2, 0) is 6.54 Å². The van der Waals surface area contributed by atoms with E-state index < -0.39 is 0 Å². The molecule has 3 aromatic rings. The molecule has 0 bridgehead atoms. The van der Waals surface area contributed by atoms with Gasteiger partial charge in [-0.2, -0.15) is 0 Å². The second-order valence-electron chi connectivity index (χ2n) is 7.21. The summed E-state index contributed by atoms with van der Waals surface area (Å²) in [6.07, 6.45) is 3.55. The number of benzene rings is 1. The largest absolute Gasteiger partial charge is 0.353 e. The minimum absolute atomic E-state index is 0.00428. The van der Waals surface area contributed by atoms with Crippen molar-refractivity contribution >= 4 is 17.5 Å². The number of anilines is 2. The van der Waals surface area contributed by atoms with E-state index in [1.807, 2.05) is 67.8 Å². The maximum atomic E-state index is 12.9. The van der Waals surface area contributed by atoms with Crippen LogP contribution in [0, 0.1) is 0 Å². The fraction of sp³-hybridized carbons (Fsp3) is 0.261. The molecular formula is C23H25N5O. The quantitative estimate of drug-likeness (QED) is 0.673. The minimum Gasteiger partial charge on any atom is -0.353 e. The molecule has 0 unspecified atom stereocenters. The number of nitrogens with zero attached hydrogens (tertiary/aromatic N) is 5. The van der Waals surface area contributed by atoms with Crippen molar-refractivity contribution < 1.29 is 4.79 Å². The van der Waals surface area contributed by atoms with E-state index in [9.17, 15) is 4.79 Å². The van der Waals surface area contributed by atoms with E-state index in [2.05, 4.69) is 19.8 Å². The van der Waals surface area contributed by atoms with Crippen LogP contribution in [-0.4, -0.2) is 54.0 Å². The molecule has 4 rings (SSSR count). The minimum atomic E-state index is 0.00428. The summed E-state index contributed by atoms with van der Waals surface area (Å²) in [4.78, 5) is 28.1. The van der Waals surface area contributed by atoms with Crippen LogP contribution in [0.4, 0.5) is 11.6 Å². The number of hydrogen-bond donors (Lipinski definition) is 0. The second-order valence-corrected chi connectivity index (χ2v) is 7.21. The van der Waals surface area contributed by atoms with Crippen LogP contribution >= 0.6 is 0 Å². The van der Waals surface area contributed by atoms with E-state index >= 15 is 0 Å². The first kappa shape index (κ1) is 18.9. The first-order chi connectivity index (χ1) is 14.2. The third-order valence-electron chi connectivity index (χ3n) is 5.18. The number of carbonyl (C=O) groups is 1. The highest BCUT2D eigenvalue weighted by Gasteiger charge is 2.20. The Labute approximate surface area is 171 Å². The van der Waals surface area contributed by atoms with Gasteiger partial charge in [0.05, 0.1) is 0 Å². The molecule has 1 aliphatic heterocycles. The average molecular weight is 387 g/mol. The molecule has 0 radical (unpaired) electrons. The monoisotopic (exact) mass is 387 g/mol. The molecule has 0 saturated carbocycles. The van der Waals surface area contributed by atoms with Gasteiger partial charge < -0.3 is 14.7 Å². The van der Waals surface area contributed by atoms with E-state index in [4.69, 9.17) is 0 Å². The molecule has 1 aromatic carbocycles.